The molecule has 1 aromatic rings. The average Bonchev–Trinajstić information content (AvgIpc) is 2.51. The van der Waals surface area contributed by atoms with Crippen molar-refractivity contribution in [2.24, 2.45) is 5.92 Å². The molecule has 0 unspecified atom stereocenters. The highest BCUT2D eigenvalue weighted by Crippen LogP contribution is 2.26. The number of carbonyl (C=O) groups excluding carboxylic acids is 1. The van der Waals surface area contributed by atoms with Crippen LogP contribution in [0.1, 0.15) is 45.1 Å². The zero-order valence-corrected chi connectivity index (χ0v) is 15.1. The molecule has 0 aromatic heterocycles. The first kappa shape index (κ1) is 18.9. The van der Waals surface area contributed by atoms with Crippen molar-refractivity contribution in [1.29, 1.82) is 0 Å². The zero-order chi connectivity index (χ0) is 17.9. The quantitative estimate of drug-likeness (QED) is 0.852. The number of carbonyl (C=O) groups is 1. The van der Waals surface area contributed by atoms with Crippen LogP contribution in [0.15, 0.2) is 18.2 Å². The van der Waals surface area contributed by atoms with Gasteiger partial charge in [-0.2, -0.15) is 0 Å². The molecule has 0 spiro atoms. The van der Waals surface area contributed by atoms with Crippen LogP contribution in [0, 0.1) is 18.7 Å². The fourth-order valence-corrected chi connectivity index (χ4v) is 3.73. The fourth-order valence-electron chi connectivity index (χ4n) is 2.76. The summed E-state index contributed by atoms with van der Waals surface area (Å²) in [6.45, 7) is 4.95. The fraction of sp³-hybridized carbons (Fsp3) is 0.588. The highest BCUT2D eigenvalue weighted by atomic mass is 32.2. The minimum absolute atomic E-state index is 0.113. The van der Waals surface area contributed by atoms with Crippen LogP contribution in [0.4, 0.5) is 10.1 Å². The van der Waals surface area contributed by atoms with Gasteiger partial charge in [0.15, 0.2) is 0 Å². The van der Waals surface area contributed by atoms with Crippen LogP contribution < -0.4 is 10.0 Å². The van der Waals surface area contributed by atoms with E-state index in [4.69, 9.17) is 0 Å². The van der Waals surface area contributed by atoms with Crippen molar-refractivity contribution < 1.29 is 17.6 Å². The molecule has 134 valence electrons. The van der Waals surface area contributed by atoms with Gasteiger partial charge in [-0.05, 0) is 64.2 Å². The van der Waals surface area contributed by atoms with E-state index in [2.05, 4.69) is 10.0 Å². The Labute approximate surface area is 143 Å². The Kier molecular flexibility index (Phi) is 5.98. The minimum Gasteiger partial charge on any atom is -0.326 e. The lowest BCUT2D eigenvalue weighted by Crippen LogP contribution is -2.42. The number of benzene rings is 1. The summed E-state index contributed by atoms with van der Waals surface area (Å²) in [5.41, 5.74) is 0.983. The van der Waals surface area contributed by atoms with Gasteiger partial charge in [-0.25, -0.2) is 17.5 Å². The van der Waals surface area contributed by atoms with E-state index in [0.29, 0.717) is 36.9 Å². The molecule has 2 N–H and O–H groups in total. The van der Waals surface area contributed by atoms with Gasteiger partial charge in [0, 0.05) is 17.6 Å². The average molecular weight is 356 g/mol. The zero-order valence-electron chi connectivity index (χ0n) is 14.3. The topological polar surface area (TPSA) is 75.3 Å². The van der Waals surface area contributed by atoms with Gasteiger partial charge < -0.3 is 5.32 Å². The molecule has 7 heteroatoms. The van der Waals surface area contributed by atoms with E-state index in [0.717, 1.165) is 0 Å². The van der Waals surface area contributed by atoms with Gasteiger partial charge >= 0.3 is 0 Å². The summed E-state index contributed by atoms with van der Waals surface area (Å²) in [5.74, 6) is -0.655. The van der Waals surface area contributed by atoms with Crippen LogP contribution in [0.3, 0.4) is 0 Å². The molecule has 0 saturated heterocycles. The molecular weight excluding hydrogens is 331 g/mol. The van der Waals surface area contributed by atoms with E-state index in [1.807, 2.05) is 0 Å². The lowest BCUT2D eigenvalue weighted by atomic mass is 9.86. The maximum atomic E-state index is 13.5. The SMILES string of the molecule is Cc1ccc(NC(=O)C2CCC(NS(=O)(=O)C(C)C)CC2)cc1F. The second-order valence-electron chi connectivity index (χ2n) is 6.71. The standard InChI is InChI=1S/C17H25FN2O3S/c1-11(2)24(22,23)20-14-8-5-13(6-9-14)17(21)19-15-7-4-12(3)16(18)10-15/h4,7,10-11,13-14,20H,5-6,8-9H2,1-3H3,(H,19,21). The third kappa shape index (κ3) is 4.77. The molecule has 0 aliphatic heterocycles. The monoisotopic (exact) mass is 356 g/mol. The van der Waals surface area contributed by atoms with Gasteiger partial charge in [-0.1, -0.05) is 6.07 Å². The number of amides is 1. The van der Waals surface area contributed by atoms with Gasteiger partial charge in [-0.3, -0.25) is 4.79 Å². The molecule has 1 aromatic carbocycles. The maximum absolute atomic E-state index is 13.5. The van der Waals surface area contributed by atoms with Crippen LogP contribution in [0.2, 0.25) is 0 Å². The molecule has 0 heterocycles. The first-order chi connectivity index (χ1) is 11.2. The summed E-state index contributed by atoms with van der Waals surface area (Å²) in [6, 6.07) is 4.51. The third-order valence-corrected chi connectivity index (χ3v) is 6.39. The summed E-state index contributed by atoms with van der Waals surface area (Å²) in [6.07, 6.45) is 2.50. The van der Waals surface area contributed by atoms with Crippen molar-refractivity contribution in [3.8, 4) is 0 Å². The number of hydrogen-bond acceptors (Lipinski definition) is 3. The number of halogens is 1. The number of rotatable bonds is 5. The van der Waals surface area contributed by atoms with Gasteiger partial charge in [-0.15, -0.1) is 0 Å². The molecule has 1 fully saturated rings. The number of hydrogen-bond donors (Lipinski definition) is 2. The number of sulfonamides is 1. The Morgan fingerprint density at radius 1 is 1.21 bits per heavy atom. The van der Waals surface area contributed by atoms with E-state index in [9.17, 15) is 17.6 Å². The lowest BCUT2D eigenvalue weighted by Gasteiger charge is -2.28. The van der Waals surface area contributed by atoms with Crippen molar-refractivity contribution in [2.45, 2.75) is 57.7 Å². The normalized spacial score (nSPS) is 21.7. The van der Waals surface area contributed by atoms with Crippen LogP contribution in [0.5, 0.6) is 0 Å². The molecular formula is C17H25FN2O3S. The number of nitrogens with one attached hydrogen (secondary N) is 2. The van der Waals surface area contributed by atoms with E-state index in [1.54, 1.807) is 32.9 Å². The van der Waals surface area contributed by atoms with Crippen LogP contribution in [-0.2, 0) is 14.8 Å². The Morgan fingerprint density at radius 3 is 2.38 bits per heavy atom. The van der Waals surface area contributed by atoms with E-state index < -0.39 is 15.3 Å². The molecule has 24 heavy (non-hydrogen) atoms. The van der Waals surface area contributed by atoms with Crippen molar-refractivity contribution in [1.82, 2.24) is 4.72 Å². The van der Waals surface area contributed by atoms with Crippen molar-refractivity contribution in [3.63, 3.8) is 0 Å². The summed E-state index contributed by atoms with van der Waals surface area (Å²) in [5, 5.41) is 2.28. The smallest absolute Gasteiger partial charge is 0.227 e. The summed E-state index contributed by atoms with van der Waals surface area (Å²) >= 11 is 0. The van der Waals surface area contributed by atoms with Gasteiger partial charge in [0.2, 0.25) is 15.9 Å². The van der Waals surface area contributed by atoms with E-state index >= 15 is 0 Å². The van der Waals surface area contributed by atoms with Crippen LogP contribution >= 0.6 is 0 Å². The Bertz CT molecular complexity index is 696. The predicted octanol–water partition coefficient (Wildman–Crippen LogP) is 2.96. The Balaban J connectivity index is 1.87. The van der Waals surface area contributed by atoms with Crippen LogP contribution in [-0.4, -0.2) is 25.6 Å². The molecule has 1 saturated carbocycles. The van der Waals surface area contributed by atoms with Crippen molar-refractivity contribution in [3.05, 3.63) is 29.6 Å². The minimum atomic E-state index is -3.29. The Morgan fingerprint density at radius 2 is 1.83 bits per heavy atom. The van der Waals surface area contributed by atoms with Crippen molar-refractivity contribution in [2.75, 3.05) is 5.32 Å². The summed E-state index contributed by atoms with van der Waals surface area (Å²) in [7, 11) is -3.29. The maximum Gasteiger partial charge on any atom is 0.227 e. The first-order valence-corrected chi connectivity index (χ1v) is 9.82. The largest absolute Gasteiger partial charge is 0.326 e. The van der Waals surface area contributed by atoms with E-state index in [-0.39, 0.29) is 23.7 Å². The summed E-state index contributed by atoms with van der Waals surface area (Å²) < 4.78 is 40.0. The number of aryl methyl sites for hydroxylation is 1. The number of anilines is 1. The molecule has 0 atom stereocenters. The molecule has 1 amide bonds. The van der Waals surface area contributed by atoms with Gasteiger partial charge in [0.1, 0.15) is 5.82 Å². The molecule has 5 nitrogen and oxygen atoms in total. The molecule has 0 bridgehead atoms. The molecule has 1 aliphatic rings. The van der Waals surface area contributed by atoms with Crippen molar-refractivity contribution >= 4 is 21.6 Å². The second-order valence-corrected chi connectivity index (χ2v) is 8.98. The third-order valence-electron chi connectivity index (χ3n) is 4.49. The molecule has 1 aliphatic carbocycles. The van der Waals surface area contributed by atoms with Gasteiger partial charge in [0.25, 0.3) is 0 Å². The molecule has 2 rings (SSSR count). The highest BCUT2D eigenvalue weighted by molar-refractivity contribution is 7.90. The first-order valence-electron chi connectivity index (χ1n) is 8.27. The van der Waals surface area contributed by atoms with Crippen LogP contribution in [0.25, 0.3) is 0 Å². The second kappa shape index (κ2) is 7.61. The summed E-state index contributed by atoms with van der Waals surface area (Å²) in [4.78, 5) is 12.3. The predicted molar refractivity (Wildman–Crippen MR) is 92.7 cm³/mol. The Hall–Kier alpha value is -1.47. The lowest BCUT2D eigenvalue weighted by molar-refractivity contribution is -0.120. The molecule has 0 radical (unpaired) electrons. The van der Waals surface area contributed by atoms with Gasteiger partial charge in [0.05, 0.1) is 5.25 Å². The van der Waals surface area contributed by atoms with E-state index in [1.165, 1.54) is 6.07 Å². The highest BCUT2D eigenvalue weighted by Gasteiger charge is 2.29.